The summed E-state index contributed by atoms with van der Waals surface area (Å²) in [6, 6.07) is 7.88. The third kappa shape index (κ3) is 5.69. The highest BCUT2D eigenvalue weighted by molar-refractivity contribution is 6.35. The molecule has 0 atom stereocenters. The van der Waals surface area contributed by atoms with E-state index >= 15 is 0 Å². The molecule has 0 aliphatic carbocycles. The van der Waals surface area contributed by atoms with Crippen molar-refractivity contribution < 1.29 is 9.59 Å². The van der Waals surface area contributed by atoms with Gasteiger partial charge in [0, 0.05) is 56.5 Å². The minimum absolute atomic E-state index is 0.485. The summed E-state index contributed by atoms with van der Waals surface area (Å²) >= 11 is 5.92. The summed E-state index contributed by atoms with van der Waals surface area (Å²) in [5.74, 6) is -1.10. The molecule has 6 nitrogen and oxygen atoms in total. The lowest BCUT2D eigenvalue weighted by Gasteiger charge is -2.36. The Morgan fingerprint density at radius 1 is 1.00 bits per heavy atom. The van der Waals surface area contributed by atoms with Crippen molar-refractivity contribution in [3.8, 4) is 0 Å². The zero-order valence-corrected chi connectivity index (χ0v) is 14.8. The molecule has 1 saturated heterocycles. The molecular weight excluding hydrogens is 328 g/mol. The fourth-order valence-corrected chi connectivity index (χ4v) is 2.73. The molecule has 24 heavy (non-hydrogen) atoms. The molecule has 2 rings (SSSR count). The SMILES string of the molecule is CCCNC(=O)C(=O)NCCN1CCN(c2ccc(Cl)cc2)CC1. The van der Waals surface area contributed by atoms with Gasteiger partial charge in [-0.2, -0.15) is 0 Å². The number of carbonyl (C=O) groups is 2. The molecule has 0 saturated carbocycles. The molecule has 1 aromatic carbocycles. The molecule has 0 unspecified atom stereocenters. The molecule has 1 heterocycles. The number of piperazine rings is 1. The smallest absolute Gasteiger partial charge is 0.309 e. The van der Waals surface area contributed by atoms with Crippen LogP contribution in [0.25, 0.3) is 0 Å². The van der Waals surface area contributed by atoms with E-state index in [1.807, 2.05) is 31.2 Å². The van der Waals surface area contributed by atoms with E-state index in [0.29, 0.717) is 13.1 Å². The number of hydrogen-bond donors (Lipinski definition) is 2. The van der Waals surface area contributed by atoms with Crippen LogP contribution in [-0.4, -0.2) is 62.5 Å². The van der Waals surface area contributed by atoms with Crippen molar-refractivity contribution in [2.24, 2.45) is 0 Å². The highest BCUT2D eigenvalue weighted by Gasteiger charge is 2.18. The van der Waals surface area contributed by atoms with Crippen molar-refractivity contribution in [1.82, 2.24) is 15.5 Å². The van der Waals surface area contributed by atoms with Gasteiger partial charge in [-0.3, -0.25) is 14.5 Å². The Kier molecular flexibility index (Phi) is 7.34. The number of anilines is 1. The Morgan fingerprint density at radius 2 is 1.58 bits per heavy atom. The average Bonchev–Trinajstić information content (AvgIpc) is 2.61. The highest BCUT2D eigenvalue weighted by atomic mass is 35.5. The number of nitrogens with zero attached hydrogens (tertiary/aromatic N) is 2. The van der Waals surface area contributed by atoms with Crippen molar-refractivity contribution in [3.63, 3.8) is 0 Å². The third-order valence-electron chi connectivity index (χ3n) is 4.02. The highest BCUT2D eigenvalue weighted by Crippen LogP contribution is 2.19. The largest absolute Gasteiger partial charge is 0.369 e. The lowest BCUT2D eigenvalue weighted by atomic mass is 10.2. The Labute approximate surface area is 148 Å². The van der Waals surface area contributed by atoms with E-state index in [4.69, 9.17) is 11.6 Å². The topological polar surface area (TPSA) is 64.7 Å². The quantitative estimate of drug-likeness (QED) is 0.753. The van der Waals surface area contributed by atoms with Crippen LogP contribution in [0.15, 0.2) is 24.3 Å². The van der Waals surface area contributed by atoms with E-state index in [-0.39, 0.29) is 0 Å². The lowest BCUT2D eigenvalue weighted by Crippen LogP contribution is -2.49. The van der Waals surface area contributed by atoms with Crippen LogP contribution in [0.1, 0.15) is 13.3 Å². The predicted octanol–water partition coefficient (Wildman–Crippen LogP) is 1.10. The van der Waals surface area contributed by atoms with Crippen LogP contribution in [0.3, 0.4) is 0 Å². The van der Waals surface area contributed by atoms with Gasteiger partial charge in [-0.05, 0) is 30.7 Å². The minimum atomic E-state index is -0.553. The molecule has 2 N–H and O–H groups in total. The van der Waals surface area contributed by atoms with Gasteiger partial charge in [0.25, 0.3) is 0 Å². The fraction of sp³-hybridized carbons (Fsp3) is 0.529. The van der Waals surface area contributed by atoms with Gasteiger partial charge < -0.3 is 15.5 Å². The van der Waals surface area contributed by atoms with Crippen LogP contribution in [0, 0.1) is 0 Å². The fourth-order valence-electron chi connectivity index (χ4n) is 2.61. The monoisotopic (exact) mass is 352 g/mol. The summed E-state index contributed by atoms with van der Waals surface area (Å²) in [5, 5.41) is 5.98. The molecule has 7 heteroatoms. The number of amides is 2. The van der Waals surface area contributed by atoms with Gasteiger partial charge >= 0.3 is 11.8 Å². The van der Waals surface area contributed by atoms with E-state index < -0.39 is 11.8 Å². The van der Waals surface area contributed by atoms with E-state index in [2.05, 4.69) is 20.4 Å². The summed E-state index contributed by atoms with van der Waals surface area (Å²) < 4.78 is 0. The van der Waals surface area contributed by atoms with Crippen LogP contribution in [0.5, 0.6) is 0 Å². The van der Waals surface area contributed by atoms with Crippen LogP contribution < -0.4 is 15.5 Å². The van der Waals surface area contributed by atoms with Crippen molar-refractivity contribution in [1.29, 1.82) is 0 Å². The first-order valence-corrected chi connectivity index (χ1v) is 8.77. The maximum atomic E-state index is 11.6. The number of benzene rings is 1. The number of hydrogen-bond acceptors (Lipinski definition) is 4. The van der Waals surface area contributed by atoms with Gasteiger partial charge in [-0.15, -0.1) is 0 Å². The Balaban J connectivity index is 1.65. The normalized spacial score (nSPS) is 15.2. The van der Waals surface area contributed by atoms with Gasteiger partial charge in [0.05, 0.1) is 0 Å². The molecular formula is C17H25ClN4O2. The Morgan fingerprint density at radius 3 is 2.17 bits per heavy atom. The molecule has 1 fully saturated rings. The molecule has 0 spiro atoms. The van der Waals surface area contributed by atoms with Crippen molar-refractivity contribution in [2.45, 2.75) is 13.3 Å². The first kappa shape index (κ1) is 18.5. The number of halogens is 1. The molecule has 0 bridgehead atoms. The number of carbonyl (C=O) groups excluding carboxylic acids is 2. The maximum absolute atomic E-state index is 11.6. The summed E-state index contributed by atoms with van der Waals surface area (Å²) in [6.45, 7) is 7.45. The molecule has 2 amide bonds. The zero-order chi connectivity index (χ0) is 17.4. The van der Waals surface area contributed by atoms with Gasteiger partial charge in [-0.25, -0.2) is 0 Å². The van der Waals surface area contributed by atoms with Crippen molar-refractivity contribution in [3.05, 3.63) is 29.3 Å². The van der Waals surface area contributed by atoms with E-state index in [1.165, 1.54) is 5.69 Å². The molecule has 1 aromatic rings. The van der Waals surface area contributed by atoms with Crippen LogP contribution >= 0.6 is 11.6 Å². The second-order valence-electron chi connectivity index (χ2n) is 5.82. The van der Waals surface area contributed by atoms with E-state index in [0.717, 1.165) is 44.2 Å². The minimum Gasteiger partial charge on any atom is -0.369 e. The Bertz CT molecular complexity index is 542. The summed E-state index contributed by atoms with van der Waals surface area (Å²) in [7, 11) is 0. The lowest BCUT2D eigenvalue weighted by molar-refractivity contribution is -0.139. The molecule has 1 aliphatic heterocycles. The van der Waals surface area contributed by atoms with Crippen LogP contribution in [0.4, 0.5) is 5.69 Å². The zero-order valence-electron chi connectivity index (χ0n) is 14.1. The molecule has 0 aromatic heterocycles. The number of nitrogens with one attached hydrogen (secondary N) is 2. The van der Waals surface area contributed by atoms with E-state index in [9.17, 15) is 9.59 Å². The molecule has 1 aliphatic rings. The molecule has 0 radical (unpaired) electrons. The second-order valence-corrected chi connectivity index (χ2v) is 6.25. The van der Waals surface area contributed by atoms with Crippen molar-refractivity contribution >= 4 is 29.1 Å². The second kappa shape index (κ2) is 9.49. The third-order valence-corrected chi connectivity index (χ3v) is 4.27. The van der Waals surface area contributed by atoms with E-state index in [1.54, 1.807) is 0 Å². The maximum Gasteiger partial charge on any atom is 0.309 e. The van der Waals surface area contributed by atoms with Crippen molar-refractivity contribution in [2.75, 3.05) is 50.7 Å². The average molecular weight is 353 g/mol. The number of rotatable bonds is 6. The van der Waals surface area contributed by atoms with Crippen LogP contribution in [-0.2, 0) is 9.59 Å². The summed E-state index contributed by atoms with van der Waals surface area (Å²) in [5.41, 5.74) is 1.18. The summed E-state index contributed by atoms with van der Waals surface area (Å²) in [6.07, 6.45) is 0.816. The predicted molar refractivity (Wildman–Crippen MR) is 96.4 cm³/mol. The first-order chi connectivity index (χ1) is 11.6. The van der Waals surface area contributed by atoms with Crippen LogP contribution in [0.2, 0.25) is 5.02 Å². The van der Waals surface area contributed by atoms with Gasteiger partial charge in [0.2, 0.25) is 0 Å². The first-order valence-electron chi connectivity index (χ1n) is 8.39. The van der Waals surface area contributed by atoms with Gasteiger partial charge in [0.1, 0.15) is 0 Å². The molecule has 132 valence electrons. The summed E-state index contributed by atoms with van der Waals surface area (Å²) in [4.78, 5) is 27.7. The Hall–Kier alpha value is -1.79. The standard InChI is InChI=1S/C17H25ClN4O2/c1-2-7-19-16(23)17(24)20-8-9-21-10-12-22(13-11-21)15-5-3-14(18)4-6-15/h3-6H,2,7-13H2,1H3,(H,19,23)(H,20,24). The van der Waals surface area contributed by atoms with Gasteiger partial charge in [0.15, 0.2) is 0 Å². The van der Waals surface area contributed by atoms with Gasteiger partial charge in [-0.1, -0.05) is 18.5 Å².